The standard InChI is InChI=1S/C13H16N4S/c1-13(2,3)11-9-18-12(16-11)17-15-8-10-6-4-5-7-14-10/h4-9H,1-3H3,(H,16,17)/b15-8-. The summed E-state index contributed by atoms with van der Waals surface area (Å²) in [6.45, 7) is 6.43. The maximum absolute atomic E-state index is 4.49. The maximum Gasteiger partial charge on any atom is 0.203 e. The Hall–Kier alpha value is -1.75. The van der Waals surface area contributed by atoms with Crippen LogP contribution in [0.25, 0.3) is 0 Å². The molecule has 0 radical (unpaired) electrons. The number of aromatic nitrogens is 2. The van der Waals surface area contributed by atoms with Crippen LogP contribution in [0.15, 0.2) is 34.9 Å². The predicted octanol–water partition coefficient (Wildman–Crippen LogP) is 3.28. The zero-order valence-electron chi connectivity index (χ0n) is 10.7. The molecule has 0 aliphatic rings. The van der Waals surface area contributed by atoms with E-state index in [1.54, 1.807) is 23.7 Å². The van der Waals surface area contributed by atoms with Crippen LogP contribution >= 0.6 is 11.3 Å². The Balaban J connectivity index is 1.99. The van der Waals surface area contributed by atoms with E-state index >= 15 is 0 Å². The monoisotopic (exact) mass is 260 g/mol. The second-order valence-corrected chi connectivity index (χ2v) is 5.77. The molecule has 0 atom stereocenters. The van der Waals surface area contributed by atoms with Crippen molar-refractivity contribution in [1.82, 2.24) is 9.97 Å². The van der Waals surface area contributed by atoms with Gasteiger partial charge in [0.2, 0.25) is 5.13 Å². The molecule has 0 fully saturated rings. The van der Waals surface area contributed by atoms with Gasteiger partial charge in [0, 0.05) is 17.0 Å². The molecule has 0 aliphatic heterocycles. The number of rotatable bonds is 3. The van der Waals surface area contributed by atoms with E-state index in [9.17, 15) is 0 Å². The minimum atomic E-state index is 0.0706. The number of thiazole rings is 1. The Kier molecular flexibility index (Phi) is 3.72. The minimum Gasteiger partial charge on any atom is -0.255 e. The van der Waals surface area contributed by atoms with Crippen molar-refractivity contribution in [2.45, 2.75) is 26.2 Å². The summed E-state index contributed by atoms with van der Waals surface area (Å²) >= 11 is 1.56. The predicted molar refractivity (Wildman–Crippen MR) is 76.3 cm³/mol. The number of nitrogens with zero attached hydrogens (tertiary/aromatic N) is 3. The molecule has 94 valence electrons. The lowest BCUT2D eigenvalue weighted by atomic mass is 9.93. The van der Waals surface area contributed by atoms with E-state index in [1.807, 2.05) is 18.2 Å². The number of hydrogen-bond acceptors (Lipinski definition) is 5. The maximum atomic E-state index is 4.49. The van der Waals surface area contributed by atoms with Crippen molar-refractivity contribution < 1.29 is 0 Å². The summed E-state index contributed by atoms with van der Waals surface area (Å²) in [5.41, 5.74) is 4.88. The number of pyridine rings is 1. The first-order valence-corrected chi connectivity index (χ1v) is 6.60. The molecule has 2 aromatic heterocycles. The molecule has 0 amide bonds. The molecule has 5 heteroatoms. The molecule has 4 nitrogen and oxygen atoms in total. The summed E-state index contributed by atoms with van der Waals surface area (Å²) in [4.78, 5) is 8.63. The van der Waals surface area contributed by atoms with Crippen molar-refractivity contribution >= 4 is 22.7 Å². The van der Waals surface area contributed by atoms with Gasteiger partial charge in [-0.1, -0.05) is 26.8 Å². The van der Waals surface area contributed by atoms with E-state index in [0.29, 0.717) is 0 Å². The average Bonchev–Trinajstić information content (AvgIpc) is 2.79. The van der Waals surface area contributed by atoms with E-state index in [0.717, 1.165) is 16.5 Å². The van der Waals surface area contributed by atoms with E-state index in [-0.39, 0.29) is 5.41 Å². The first kappa shape index (κ1) is 12.7. The second kappa shape index (κ2) is 5.27. The Morgan fingerprint density at radius 2 is 2.17 bits per heavy atom. The van der Waals surface area contributed by atoms with Crippen LogP contribution in [-0.2, 0) is 5.41 Å². The molecule has 2 rings (SSSR count). The quantitative estimate of drug-likeness (QED) is 0.680. The van der Waals surface area contributed by atoms with Crippen LogP contribution in [0.1, 0.15) is 32.2 Å². The van der Waals surface area contributed by atoms with E-state index in [2.05, 4.69) is 46.6 Å². The molecule has 2 heterocycles. The average molecular weight is 260 g/mol. The molecular formula is C13H16N4S. The van der Waals surface area contributed by atoms with Gasteiger partial charge in [-0.25, -0.2) is 4.98 Å². The molecule has 1 N–H and O–H groups in total. The van der Waals surface area contributed by atoms with Gasteiger partial charge >= 0.3 is 0 Å². The normalized spacial score (nSPS) is 11.9. The van der Waals surface area contributed by atoms with Crippen LogP contribution in [0, 0.1) is 0 Å². The molecule has 18 heavy (non-hydrogen) atoms. The highest BCUT2D eigenvalue weighted by Crippen LogP contribution is 2.26. The van der Waals surface area contributed by atoms with E-state index in [1.165, 1.54) is 0 Å². The van der Waals surface area contributed by atoms with Crippen LogP contribution in [0.3, 0.4) is 0 Å². The summed E-state index contributed by atoms with van der Waals surface area (Å²) < 4.78 is 0. The SMILES string of the molecule is CC(C)(C)c1csc(N/N=C\c2ccccn2)n1. The zero-order chi connectivity index (χ0) is 13.0. The van der Waals surface area contributed by atoms with Crippen molar-refractivity contribution in [2.24, 2.45) is 5.10 Å². The van der Waals surface area contributed by atoms with Crippen LogP contribution in [0.2, 0.25) is 0 Å². The van der Waals surface area contributed by atoms with E-state index in [4.69, 9.17) is 0 Å². The summed E-state index contributed by atoms with van der Waals surface area (Å²) in [6.07, 6.45) is 3.42. The Morgan fingerprint density at radius 3 is 2.78 bits per heavy atom. The van der Waals surface area contributed by atoms with Gasteiger partial charge < -0.3 is 0 Å². The molecule has 0 spiro atoms. The Labute approximate surface area is 111 Å². The molecule has 0 saturated heterocycles. The van der Waals surface area contributed by atoms with Crippen LogP contribution < -0.4 is 5.43 Å². The highest BCUT2D eigenvalue weighted by molar-refractivity contribution is 7.13. The third-order valence-corrected chi connectivity index (χ3v) is 3.06. The molecule has 2 aromatic rings. The highest BCUT2D eigenvalue weighted by Gasteiger charge is 2.17. The number of nitrogens with one attached hydrogen (secondary N) is 1. The third kappa shape index (κ3) is 3.37. The number of hydrogen-bond donors (Lipinski definition) is 1. The van der Waals surface area contributed by atoms with Crippen molar-refractivity contribution in [2.75, 3.05) is 5.43 Å². The van der Waals surface area contributed by atoms with Crippen LogP contribution in [0.4, 0.5) is 5.13 Å². The van der Waals surface area contributed by atoms with Gasteiger partial charge in [-0.05, 0) is 12.1 Å². The van der Waals surface area contributed by atoms with Crippen molar-refractivity contribution in [3.8, 4) is 0 Å². The first-order valence-electron chi connectivity index (χ1n) is 5.72. The van der Waals surface area contributed by atoms with Crippen molar-refractivity contribution in [3.63, 3.8) is 0 Å². The fraction of sp³-hybridized carbons (Fsp3) is 0.308. The lowest BCUT2D eigenvalue weighted by molar-refractivity contribution is 0.573. The fourth-order valence-corrected chi connectivity index (χ4v) is 2.16. The Bertz CT molecular complexity index is 525. The van der Waals surface area contributed by atoms with Crippen molar-refractivity contribution in [3.05, 3.63) is 41.2 Å². The zero-order valence-corrected chi connectivity index (χ0v) is 11.5. The molecule has 0 unspecified atom stereocenters. The molecule has 0 aromatic carbocycles. The topological polar surface area (TPSA) is 50.2 Å². The van der Waals surface area contributed by atoms with Gasteiger partial charge in [-0.15, -0.1) is 11.3 Å². The van der Waals surface area contributed by atoms with Gasteiger partial charge in [0.25, 0.3) is 0 Å². The lowest BCUT2D eigenvalue weighted by Gasteiger charge is -2.13. The summed E-state index contributed by atoms with van der Waals surface area (Å²) in [7, 11) is 0. The fourth-order valence-electron chi connectivity index (χ4n) is 1.28. The van der Waals surface area contributed by atoms with Gasteiger partial charge in [0.05, 0.1) is 17.6 Å². The first-order chi connectivity index (χ1) is 8.55. The smallest absolute Gasteiger partial charge is 0.203 e. The molecule has 0 bridgehead atoms. The summed E-state index contributed by atoms with van der Waals surface area (Å²) in [5.74, 6) is 0. The molecule has 0 aliphatic carbocycles. The molecular weight excluding hydrogens is 244 g/mol. The third-order valence-electron chi connectivity index (χ3n) is 2.32. The second-order valence-electron chi connectivity index (χ2n) is 4.91. The van der Waals surface area contributed by atoms with E-state index < -0.39 is 0 Å². The Morgan fingerprint density at radius 1 is 1.33 bits per heavy atom. The largest absolute Gasteiger partial charge is 0.255 e. The minimum absolute atomic E-state index is 0.0706. The summed E-state index contributed by atoms with van der Waals surface area (Å²) in [5, 5.41) is 6.97. The van der Waals surface area contributed by atoms with Gasteiger partial charge in [-0.2, -0.15) is 5.10 Å². The van der Waals surface area contributed by atoms with Gasteiger partial charge in [0.15, 0.2) is 0 Å². The number of hydrazone groups is 1. The summed E-state index contributed by atoms with van der Waals surface area (Å²) in [6, 6.07) is 5.70. The van der Waals surface area contributed by atoms with Crippen LogP contribution in [0.5, 0.6) is 0 Å². The van der Waals surface area contributed by atoms with Crippen molar-refractivity contribution in [1.29, 1.82) is 0 Å². The highest BCUT2D eigenvalue weighted by atomic mass is 32.1. The van der Waals surface area contributed by atoms with Gasteiger partial charge in [-0.3, -0.25) is 10.4 Å². The lowest BCUT2D eigenvalue weighted by Crippen LogP contribution is -2.11. The molecule has 0 saturated carbocycles. The van der Waals surface area contributed by atoms with Crippen LogP contribution in [-0.4, -0.2) is 16.2 Å². The number of anilines is 1. The van der Waals surface area contributed by atoms with Gasteiger partial charge in [0.1, 0.15) is 0 Å².